The summed E-state index contributed by atoms with van der Waals surface area (Å²) < 4.78 is 16.5. The molecule has 1 heterocycles. The molecule has 0 saturated heterocycles. The van der Waals surface area contributed by atoms with E-state index in [0.717, 1.165) is 22.6 Å². The lowest BCUT2D eigenvalue weighted by molar-refractivity contribution is -0.143. The molecule has 0 atom stereocenters. The Morgan fingerprint density at radius 2 is 1.93 bits per heavy atom. The van der Waals surface area contributed by atoms with Crippen molar-refractivity contribution in [2.75, 3.05) is 13.2 Å². The van der Waals surface area contributed by atoms with E-state index in [4.69, 9.17) is 25.5 Å². The van der Waals surface area contributed by atoms with Gasteiger partial charge >= 0.3 is 5.97 Å². The summed E-state index contributed by atoms with van der Waals surface area (Å²) in [6, 6.07) is 15.3. The molecule has 0 radical (unpaired) electrons. The fourth-order valence-corrected chi connectivity index (χ4v) is 3.19. The highest BCUT2D eigenvalue weighted by molar-refractivity contribution is 6.31. The van der Waals surface area contributed by atoms with E-state index in [1.807, 2.05) is 49.4 Å². The van der Waals surface area contributed by atoms with Gasteiger partial charge in [-0.1, -0.05) is 35.9 Å². The van der Waals surface area contributed by atoms with Gasteiger partial charge in [-0.05, 0) is 50.1 Å². The van der Waals surface area contributed by atoms with Gasteiger partial charge in [-0.2, -0.15) is 0 Å². The molecular formula is C23H24ClNO4. The van der Waals surface area contributed by atoms with Gasteiger partial charge < -0.3 is 13.9 Å². The molecule has 3 aromatic rings. The highest BCUT2D eigenvalue weighted by Crippen LogP contribution is 2.25. The second kappa shape index (κ2) is 10.1. The molecule has 0 unspecified atom stereocenters. The number of aryl methyl sites for hydroxylation is 2. The number of hydrogen-bond donors (Lipinski definition) is 0. The zero-order valence-electron chi connectivity index (χ0n) is 16.6. The molecule has 0 saturated carbocycles. The van der Waals surface area contributed by atoms with Gasteiger partial charge in [0.15, 0.2) is 0 Å². The zero-order chi connectivity index (χ0) is 20.6. The Hall–Kier alpha value is -2.79. The van der Waals surface area contributed by atoms with Gasteiger partial charge in [0.05, 0.1) is 18.9 Å². The number of carbonyl (C=O) groups is 1. The van der Waals surface area contributed by atoms with Crippen LogP contribution in [0.3, 0.4) is 0 Å². The fourth-order valence-electron chi connectivity index (χ4n) is 2.92. The number of ether oxygens (including phenoxy) is 2. The number of carbonyl (C=O) groups excluding carboxylic acids is 1. The second-order valence-electron chi connectivity index (χ2n) is 6.54. The third-order valence-electron chi connectivity index (χ3n) is 4.45. The number of esters is 1. The Balaban J connectivity index is 1.54. The van der Waals surface area contributed by atoms with Crippen molar-refractivity contribution in [3.8, 4) is 17.2 Å². The van der Waals surface area contributed by atoms with Gasteiger partial charge in [-0.25, -0.2) is 4.98 Å². The third-order valence-corrected chi connectivity index (χ3v) is 4.80. The van der Waals surface area contributed by atoms with Crippen LogP contribution in [0.15, 0.2) is 52.9 Å². The summed E-state index contributed by atoms with van der Waals surface area (Å²) in [5.74, 6) is 1.87. The van der Waals surface area contributed by atoms with Crippen LogP contribution in [0.2, 0.25) is 5.02 Å². The molecule has 0 bridgehead atoms. The van der Waals surface area contributed by atoms with Gasteiger partial charge in [0.25, 0.3) is 0 Å². The van der Waals surface area contributed by atoms with Crippen LogP contribution >= 0.6 is 11.6 Å². The average Bonchev–Trinajstić information content (AvgIpc) is 3.09. The number of benzene rings is 2. The van der Waals surface area contributed by atoms with Crippen LogP contribution in [0.25, 0.3) is 11.5 Å². The van der Waals surface area contributed by atoms with E-state index in [9.17, 15) is 4.79 Å². The Morgan fingerprint density at radius 3 is 2.66 bits per heavy atom. The van der Waals surface area contributed by atoms with E-state index in [0.29, 0.717) is 49.1 Å². The molecule has 1 aromatic heterocycles. The minimum Gasteiger partial charge on any atom is -0.493 e. The van der Waals surface area contributed by atoms with Crippen molar-refractivity contribution in [1.29, 1.82) is 0 Å². The molecule has 29 heavy (non-hydrogen) atoms. The largest absolute Gasteiger partial charge is 0.493 e. The first-order chi connectivity index (χ1) is 14.1. The maximum absolute atomic E-state index is 11.5. The molecule has 2 aromatic carbocycles. The van der Waals surface area contributed by atoms with E-state index >= 15 is 0 Å². The Morgan fingerprint density at radius 1 is 1.14 bits per heavy atom. The predicted molar refractivity (Wildman–Crippen MR) is 112 cm³/mol. The summed E-state index contributed by atoms with van der Waals surface area (Å²) in [4.78, 5) is 16.1. The quantitative estimate of drug-likeness (QED) is 0.438. The zero-order valence-corrected chi connectivity index (χ0v) is 17.4. The minimum atomic E-state index is -0.221. The topological polar surface area (TPSA) is 61.6 Å². The van der Waals surface area contributed by atoms with Crippen LogP contribution in [0.1, 0.15) is 30.4 Å². The summed E-state index contributed by atoms with van der Waals surface area (Å²) in [5, 5.41) is 0.579. The lowest BCUT2D eigenvalue weighted by atomic mass is 10.1. The van der Waals surface area contributed by atoms with Crippen LogP contribution in [-0.2, 0) is 22.4 Å². The van der Waals surface area contributed by atoms with Gasteiger partial charge in [-0.15, -0.1) is 0 Å². The molecular weight excluding hydrogens is 390 g/mol. The highest BCUT2D eigenvalue weighted by atomic mass is 35.5. The smallest absolute Gasteiger partial charge is 0.306 e. The van der Waals surface area contributed by atoms with Crippen molar-refractivity contribution in [3.05, 3.63) is 70.6 Å². The van der Waals surface area contributed by atoms with Crippen molar-refractivity contribution in [2.45, 2.75) is 33.1 Å². The maximum Gasteiger partial charge on any atom is 0.306 e. The first kappa shape index (κ1) is 20.9. The molecule has 5 nitrogen and oxygen atoms in total. The standard InChI is InChI=1S/C23H24ClNO4/c1-3-27-22(26)12-10-17-9-11-19(15-20(17)24)28-14-13-21-16(2)29-23(25-21)18-7-5-4-6-8-18/h4-9,11,15H,3,10,12-14H2,1-2H3. The lowest BCUT2D eigenvalue weighted by Crippen LogP contribution is -2.06. The van der Waals surface area contributed by atoms with Gasteiger partial charge in [0.1, 0.15) is 11.5 Å². The van der Waals surface area contributed by atoms with E-state index < -0.39 is 0 Å². The molecule has 0 aliphatic heterocycles. The number of hydrogen-bond acceptors (Lipinski definition) is 5. The Bertz CT molecular complexity index is 953. The SMILES string of the molecule is CCOC(=O)CCc1ccc(OCCc2nc(-c3ccccc3)oc2C)cc1Cl. The van der Waals surface area contributed by atoms with E-state index in [1.54, 1.807) is 13.0 Å². The molecule has 0 fully saturated rings. The van der Waals surface area contributed by atoms with Crippen molar-refractivity contribution in [3.63, 3.8) is 0 Å². The first-order valence-electron chi connectivity index (χ1n) is 9.65. The van der Waals surface area contributed by atoms with Crippen LogP contribution < -0.4 is 4.74 Å². The molecule has 3 rings (SSSR count). The monoisotopic (exact) mass is 413 g/mol. The van der Waals surface area contributed by atoms with E-state index in [2.05, 4.69) is 4.98 Å². The Kier molecular flexibility index (Phi) is 7.30. The summed E-state index contributed by atoms with van der Waals surface area (Å²) in [7, 11) is 0. The molecule has 6 heteroatoms. The van der Waals surface area contributed by atoms with E-state index in [-0.39, 0.29) is 5.97 Å². The van der Waals surface area contributed by atoms with E-state index in [1.165, 1.54) is 0 Å². The summed E-state index contributed by atoms with van der Waals surface area (Å²) in [6.45, 7) is 4.54. The predicted octanol–water partition coefficient (Wildman–Crippen LogP) is 5.42. The number of halogens is 1. The normalized spacial score (nSPS) is 10.7. The number of rotatable bonds is 9. The van der Waals surface area contributed by atoms with Crippen LogP contribution in [-0.4, -0.2) is 24.2 Å². The van der Waals surface area contributed by atoms with Gasteiger partial charge in [-0.3, -0.25) is 4.79 Å². The van der Waals surface area contributed by atoms with Crippen molar-refractivity contribution < 1.29 is 18.7 Å². The number of aromatic nitrogens is 1. The second-order valence-corrected chi connectivity index (χ2v) is 6.95. The number of nitrogens with zero attached hydrogens (tertiary/aromatic N) is 1. The van der Waals surface area contributed by atoms with Gasteiger partial charge in [0.2, 0.25) is 5.89 Å². The average molecular weight is 414 g/mol. The molecule has 0 N–H and O–H groups in total. The van der Waals surface area contributed by atoms with Crippen LogP contribution in [0.4, 0.5) is 0 Å². The summed E-state index contributed by atoms with van der Waals surface area (Å²) >= 11 is 6.32. The highest BCUT2D eigenvalue weighted by Gasteiger charge is 2.12. The third kappa shape index (κ3) is 5.84. The van der Waals surface area contributed by atoms with Crippen LogP contribution in [0, 0.1) is 6.92 Å². The maximum atomic E-state index is 11.5. The molecule has 152 valence electrons. The van der Waals surface area contributed by atoms with Gasteiger partial charge in [0, 0.05) is 23.4 Å². The van der Waals surface area contributed by atoms with Crippen molar-refractivity contribution in [1.82, 2.24) is 4.98 Å². The summed E-state index contributed by atoms with van der Waals surface area (Å²) in [5.41, 5.74) is 2.72. The lowest BCUT2D eigenvalue weighted by Gasteiger charge is -2.09. The van der Waals surface area contributed by atoms with Crippen molar-refractivity contribution in [2.24, 2.45) is 0 Å². The fraction of sp³-hybridized carbons (Fsp3) is 0.304. The minimum absolute atomic E-state index is 0.221. The molecule has 0 aliphatic rings. The summed E-state index contributed by atoms with van der Waals surface area (Å²) in [6.07, 6.45) is 1.48. The molecule has 0 aliphatic carbocycles. The van der Waals surface area contributed by atoms with Crippen molar-refractivity contribution >= 4 is 17.6 Å². The Labute approximate surface area is 175 Å². The molecule has 0 spiro atoms. The van der Waals surface area contributed by atoms with Crippen LogP contribution in [0.5, 0.6) is 5.75 Å². The number of oxazole rings is 1. The molecule has 0 amide bonds. The first-order valence-corrected chi connectivity index (χ1v) is 10.0.